The van der Waals surface area contributed by atoms with E-state index in [2.05, 4.69) is 0 Å². The maximum Gasteiger partial charge on any atom is 0.303 e. The Hall–Kier alpha value is -2.17. The first-order chi connectivity index (χ1) is 10.8. The number of rotatable bonds is 5. The van der Waals surface area contributed by atoms with Gasteiger partial charge in [-0.25, -0.2) is 4.39 Å². The average Bonchev–Trinajstić information content (AvgIpc) is 2.46. The van der Waals surface area contributed by atoms with Gasteiger partial charge in [0.1, 0.15) is 5.82 Å². The molecule has 0 unspecified atom stereocenters. The van der Waals surface area contributed by atoms with Crippen molar-refractivity contribution in [2.24, 2.45) is 5.41 Å². The Morgan fingerprint density at radius 2 is 1.87 bits per heavy atom. The van der Waals surface area contributed by atoms with E-state index in [-0.39, 0.29) is 24.6 Å². The number of carbonyl (C=O) groups is 2. The van der Waals surface area contributed by atoms with Crippen LogP contribution in [0.1, 0.15) is 38.7 Å². The molecule has 1 aromatic rings. The molecule has 5 heteroatoms. The highest BCUT2D eigenvalue weighted by Crippen LogP contribution is 2.28. The van der Waals surface area contributed by atoms with E-state index in [1.165, 1.54) is 12.1 Å². The molecule has 4 nitrogen and oxygen atoms in total. The number of aliphatic carboxylic acids is 1. The summed E-state index contributed by atoms with van der Waals surface area (Å²) in [5.41, 5.74) is 1.53. The smallest absolute Gasteiger partial charge is 0.303 e. The number of halogens is 1. The summed E-state index contributed by atoms with van der Waals surface area (Å²) in [4.78, 5) is 24.9. The molecular formula is C18H22FNO3. The van der Waals surface area contributed by atoms with Gasteiger partial charge in [-0.3, -0.25) is 9.59 Å². The number of nitrogens with zero attached hydrogens (tertiary/aromatic N) is 1. The van der Waals surface area contributed by atoms with E-state index in [1.807, 2.05) is 6.08 Å². The summed E-state index contributed by atoms with van der Waals surface area (Å²) in [7, 11) is 0. The summed E-state index contributed by atoms with van der Waals surface area (Å²) >= 11 is 0. The van der Waals surface area contributed by atoms with Crippen molar-refractivity contribution in [3.63, 3.8) is 0 Å². The predicted molar refractivity (Wildman–Crippen MR) is 86.2 cm³/mol. The van der Waals surface area contributed by atoms with E-state index in [0.717, 1.165) is 17.6 Å². The van der Waals surface area contributed by atoms with Gasteiger partial charge in [-0.2, -0.15) is 0 Å². The third kappa shape index (κ3) is 4.91. The average molecular weight is 319 g/mol. The van der Waals surface area contributed by atoms with Crippen molar-refractivity contribution >= 4 is 17.4 Å². The van der Waals surface area contributed by atoms with Crippen LogP contribution in [0, 0.1) is 11.2 Å². The van der Waals surface area contributed by atoms with Gasteiger partial charge in [0, 0.05) is 19.5 Å². The normalized spacial score (nSPS) is 15.3. The van der Waals surface area contributed by atoms with E-state index in [1.54, 1.807) is 30.9 Å². The number of benzene rings is 1. The van der Waals surface area contributed by atoms with Crippen LogP contribution in [0.25, 0.3) is 5.57 Å². The van der Waals surface area contributed by atoms with Crippen LogP contribution >= 0.6 is 0 Å². The molecule has 0 saturated carbocycles. The highest BCUT2D eigenvalue weighted by molar-refractivity contribution is 5.79. The zero-order valence-corrected chi connectivity index (χ0v) is 13.5. The maximum atomic E-state index is 13.0. The summed E-state index contributed by atoms with van der Waals surface area (Å²) < 4.78 is 13.0. The number of carbonyl (C=O) groups excluding carboxylic acids is 1. The minimum atomic E-state index is -0.889. The Balaban J connectivity index is 1.96. The Bertz CT molecular complexity index is 620. The minimum absolute atomic E-state index is 0.0225. The van der Waals surface area contributed by atoms with Crippen LogP contribution < -0.4 is 0 Å². The zero-order chi connectivity index (χ0) is 17.0. The molecular weight excluding hydrogens is 297 g/mol. The molecule has 1 aromatic carbocycles. The van der Waals surface area contributed by atoms with Crippen molar-refractivity contribution in [2.45, 2.75) is 33.1 Å². The van der Waals surface area contributed by atoms with Crippen molar-refractivity contribution in [1.29, 1.82) is 0 Å². The van der Waals surface area contributed by atoms with Crippen molar-refractivity contribution in [2.75, 3.05) is 13.1 Å². The number of carboxylic acid groups (broad SMARTS) is 1. The van der Waals surface area contributed by atoms with Gasteiger partial charge >= 0.3 is 5.97 Å². The second kappa shape index (κ2) is 6.94. The lowest BCUT2D eigenvalue weighted by atomic mass is 9.85. The second-order valence-corrected chi connectivity index (χ2v) is 6.74. The number of carboxylic acids is 1. The van der Waals surface area contributed by atoms with Crippen molar-refractivity contribution in [3.8, 4) is 0 Å². The molecule has 0 aliphatic carbocycles. The molecule has 1 amide bonds. The number of hydrogen-bond donors (Lipinski definition) is 1. The molecule has 2 rings (SSSR count). The SMILES string of the molecule is CC(C)(CC(=O)O)CC(=O)N1CC=C(c2ccc(F)cc2)CC1. The third-order valence-electron chi connectivity index (χ3n) is 4.04. The Morgan fingerprint density at radius 1 is 1.22 bits per heavy atom. The number of amides is 1. The van der Waals surface area contributed by atoms with E-state index in [4.69, 9.17) is 5.11 Å². The van der Waals surface area contributed by atoms with Crippen LogP contribution in [0.15, 0.2) is 30.3 Å². The molecule has 124 valence electrons. The maximum absolute atomic E-state index is 13.0. The fourth-order valence-corrected chi connectivity index (χ4v) is 2.81. The van der Waals surface area contributed by atoms with Crippen LogP contribution in [0.3, 0.4) is 0 Å². The van der Waals surface area contributed by atoms with E-state index in [0.29, 0.717) is 13.1 Å². The summed E-state index contributed by atoms with van der Waals surface area (Å²) in [6.07, 6.45) is 2.90. The van der Waals surface area contributed by atoms with Gasteiger partial charge in [0.25, 0.3) is 0 Å². The summed E-state index contributed by atoms with van der Waals surface area (Å²) in [6, 6.07) is 6.35. The Morgan fingerprint density at radius 3 is 2.39 bits per heavy atom. The Kier molecular flexibility index (Phi) is 5.19. The fraction of sp³-hybridized carbons (Fsp3) is 0.444. The summed E-state index contributed by atoms with van der Waals surface area (Å²) in [5.74, 6) is -1.17. The van der Waals surface area contributed by atoms with Crippen LogP contribution in [0.2, 0.25) is 0 Å². The first-order valence-corrected chi connectivity index (χ1v) is 7.71. The lowest BCUT2D eigenvalue weighted by Gasteiger charge is -2.30. The van der Waals surface area contributed by atoms with Gasteiger partial charge in [-0.15, -0.1) is 0 Å². The molecule has 0 fully saturated rings. The van der Waals surface area contributed by atoms with Gasteiger partial charge in [0.05, 0.1) is 6.42 Å². The number of hydrogen-bond acceptors (Lipinski definition) is 2. The molecule has 0 aromatic heterocycles. The van der Waals surface area contributed by atoms with E-state index in [9.17, 15) is 14.0 Å². The van der Waals surface area contributed by atoms with Crippen LogP contribution in [-0.2, 0) is 9.59 Å². The topological polar surface area (TPSA) is 57.6 Å². The summed E-state index contributed by atoms with van der Waals surface area (Å²) in [5, 5.41) is 8.89. The zero-order valence-electron chi connectivity index (χ0n) is 13.5. The van der Waals surface area contributed by atoms with Crippen LogP contribution in [0.4, 0.5) is 4.39 Å². The minimum Gasteiger partial charge on any atom is -0.481 e. The standard InChI is InChI=1S/C18H22FNO3/c1-18(2,12-17(22)23)11-16(21)20-9-7-14(8-10-20)13-3-5-15(19)6-4-13/h3-7H,8-12H2,1-2H3,(H,22,23). The second-order valence-electron chi connectivity index (χ2n) is 6.74. The Labute approximate surface area is 135 Å². The molecule has 0 saturated heterocycles. The quantitative estimate of drug-likeness (QED) is 0.905. The van der Waals surface area contributed by atoms with E-state index >= 15 is 0 Å². The van der Waals surface area contributed by atoms with Crippen LogP contribution in [-0.4, -0.2) is 35.0 Å². The molecule has 0 atom stereocenters. The molecule has 1 heterocycles. The molecule has 0 spiro atoms. The van der Waals surface area contributed by atoms with Gasteiger partial charge in [0.15, 0.2) is 0 Å². The van der Waals surface area contributed by atoms with Gasteiger partial charge in [-0.1, -0.05) is 32.1 Å². The van der Waals surface area contributed by atoms with Crippen molar-refractivity contribution < 1.29 is 19.1 Å². The first kappa shape index (κ1) is 17.2. The van der Waals surface area contributed by atoms with Gasteiger partial charge in [0.2, 0.25) is 5.91 Å². The fourth-order valence-electron chi connectivity index (χ4n) is 2.81. The molecule has 1 N–H and O–H groups in total. The van der Waals surface area contributed by atoms with Crippen LogP contribution in [0.5, 0.6) is 0 Å². The molecule has 23 heavy (non-hydrogen) atoms. The van der Waals surface area contributed by atoms with Gasteiger partial charge in [-0.05, 0) is 35.1 Å². The highest BCUT2D eigenvalue weighted by atomic mass is 19.1. The molecule has 1 aliphatic heterocycles. The first-order valence-electron chi connectivity index (χ1n) is 7.71. The predicted octanol–water partition coefficient (Wildman–Crippen LogP) is 3.33. The lowest BCUT2D eigenvalue weighted by Crippen LogP contribution is -2.37. The summed E-state index contributed by atoms with van der Waals surface area (Å²) in [6.45, 7) is 4.70. The third-order valence-corrected chi connectivity index (χ3v) is 4.04. The largest absolute Gasteiger partial charge is 0.481 e. The van der Waals surface area contributed by atoms with Gasteiger partial charge < -0.3 is 10.0 Å². The monoisotopic (exact) mass is 319 g/mol. The molecule has 0 radical (unpaired) electrons. The molecule has 1 aliphatic rings. The molecule has 0 bridgehead atoms. The van der Waals surface area contributed by atoms with Crippen molar-refractivity contribution in [3.05, 3.63) is 41.7 Å². The highest BCUT2D eigenvalue weighted by Gasteiger charge is 2.28. The van der Waals surface area contributed by atoms with E-state index < -0.39 is 11.4 Å². The lowest BCUT2D eigenvalue weighted by molar-refractivity contribution is -0.140. The van der Waals surface area contributed by atoms with Crippen molar-refractivity contribution in [1.82, 2.24) is 4.90 Å².